The fourth-order valence-corrected chi connectivity index (χ4v) is 2.96. The number of hydrogen-bond donors (Lipinski definition) is 1. The summed E-state index contributed by atoms with van der Waals surface area (Å²) in [7, 11) is 0. The minimum Gasteiger partial charge on any atom is -0.492 e. The number of carbonyl (C=O) groups excluding carboxylic acids is 1. The van der Waals surface area contributed by atoms with Gasteiger partial charge in [0.05, 0.1) is 11.4 Å². The lowest BCUT2D eigenvalue weighted by Crippen LogP contribution is -2.27. The molecule has 0 atom stereocenters. The first-order valence-corrected chi connectivity index (χ1v) is 7.67. The van der Waals surface area contributed by atoms with E-state index in [4.69, 9.17) is 4.74 Å². The second-order valence-corrected chi connectivity index (χ2v) is 5.86. The number of aryl methyl sites for hydroxylation is 2. The molecule has 1 aromatic carbocycles. The van der Waals surface area contributed by atoms with Crippen molar-refractivity contribution in [1.82, 2.24) is 5.32 Å². The number of nitrogens with one attached hydrogen (secondary N) is 1. The largest absolute Gasteiger partial charge is 0.492 e. The number of halogens is 1. The Morgan fingerprint density at radius 2 is 2.05 bits per heavy atom. The van der Waals surface area contributed by atoms with E-state index in [1.165, 1.54) is 33.9 Å². The van der Waals surface area contributed by atoms with Gasteiger partial charge in [0.2, 0.25) is 0 Å². The first-order valence-electron chi connectivity index (χ1n) is 6.86. The predicted molar refractivity (Wildman–Crippen MR) is 82.7 cm³/mol. The third-order valence-electron chi connectivity index (χ3n) is 3.10. The minimum atomic E-state index is -0.296. The van der Waals surface area contributed by atoms with Crippen LogP contribution in [-0.4, -0.2) is 19.1 Å². The molecule has 5 heteroatoms. The molecule has 0 fully saturated rings. The minimum absolute atomic E-state index is 0.0782. The average molecular weight is 307 g/mol. The van der Waals surface area contributed by atoms with Crippen molar-refractivity contribution in [2.45, 2.75) is 20.3 Å². The zero-order chi connectivity index (χ0) is 15.2. The summed E-state index contributed by atoms with van der Waals surface area (Å²) in [5.41, 5.74) is 1.22. The maximum atomic E-state index is 12.7. The van der Waals surface area contributed by atoms with Gasteiger partial charge >= 0.3 is 0 Å². The Kier molecular flexibility index (Phi) is 5.33. The van der Waals surface area contributed by atoms with E-state index in [2.05, 4.69) is 12.2 Å². The van der Waals surface area contributed by atoms with E-state index in [9.17, 15) is 9.18 Å². The van der Waals surface area contributed by atoms with Gasteiger partial charge in [-0.2, -0.15) is 0 Å². The smallest absolute Gasteiger partial charge is 0.261 e. The highest BCUT2D eigenvalue weighted by Crippen LogP contribution is 2.21. The van der Waals surface area contributed by atoms with E-state index in [1.807, 2.05) is 13.0 Å². The van der Waals surface area contributed by atoms with Crippen LogP contribution in [0.2, 0.25) is 0 Å². The standard InChI is InChI=1S/C16H18FNO2S/c1-3-12-10-15(21-11(12)2)16(19)18-8-9-20-14-6-4-13(17)5-7-14/h4-7,10H,3,8-9H2,1-2H3,(H,18,19). The monoisotopic (exact) mass is 307 g/mol. The molecular formula is C16H18FNO2S. The van der Waals surface area contributed by atoms with E-state index in [1.54, 1.807) is 12.1 Å². The summed E-state index contributed by atoms with van der Waals surface area (Å²) < 4.78 is 18.1. The van der Waals surface area contributed by atoms with Gasteiger partial charge in [-0.05, 0) is 49.2 Å². The molecule has 0 bridgehead atoms. The molecule has 112 valence electrons. The summed E-state index contributed by atoms with van der Waals surface area (Å²) in [6.45, 7) is 4.86. The molecule has 21 heavy (non-hydrogen) atoms. The van der Waals surface area contributed by atoms with E-state index >= 15 is 0 Å². The molecule has 0 aliphatic carbocycles. The molecule has 1 aromatic heterocycles. The molecule has 0 aliphatic rings. The van der Waals surface area contributed by atoms with Crippen LogP contribution in [-0.2, 0) is 6.42 Å². The third-order valence-corrected chi connectivity index (χ3v) is 4.19. The van der Waals surface area contributed by atoms with Crippen LogP contribution in [0.15, 0.2) is 30.3 Å². The molecule has 0 aliphatic heterocycles. The number of ether oxygens (including phenoxy) is 1. The fraction of sp³-hybridized carbons (Fsp3) is 0.312. The molecule has 0 saturated carbocycles. The van der Waals surface area contributed by atoms with Gasteiger partial charge < -0.3 is 10.1 Å². The fourth-order valence-electron chi connectivity index (χ4n) is 1.93. The van der Waals surface area contributed by atoms with Crippen molar-refractivity contribution < 1.29 is 13.9 Å². The summed E-state index contributed by atoms with van der Waals surface area (Å²) in [5, 5.41) is 2.82. The highest BCUT2D eigenvalue weighted by Gasteiger charge is 2.10. The number of thiophene rings is 1. The lowest BCUT2D eigenvalue weighted by molar-refractivity contribution is 0.0951. The molecule has 0 spiro atoms. The van der Waals surface area contributed by atoms with Gasteiger partial charge in [-0.3, -0.25) is 4.79 Å². The molecule has 1 heterocycles. The lowest BCUT2D eigenvalue weighted by Gasteiger charge is -2.06. The number of carbonyl (C=O) groups is 1. The summed E-state index contributed by atoms with van der Waals surface area (Å²) in [6.07, 6.45) is 0.934. The first-order chi connectivity index (χ1) is 10.1. The van der Waals surface area contributed by atoms with Crippen LogP contribution in [0, 0.1) is 12.7 Å². The number of rotatable bonds is 6. The van der Waals surface area contributed by atoms with Crippen LogP contribution in [0.5, 0.6) is 5.75 Å². The van der Waals surface area contributed by atoms with Gasteiger partial charge in [0, 0.05) is 4.88 Å². The van der Waals surface area contributed by atoms with Gasteiger partial charge in [-0.15, -0.1) is 11.3 Å². The third kappa shape index (κ3) is 4.29. The van der Waals surface area contributed by atoms with Crippen molar-refractivity contribution >= 4 is 17.2 Å². The van der Waals surface area contributed by atoms with Crippen molar-refractivity contribution in [2.75, 3.05) is 13.2 Å². The van der Waals surface area contributed by atoms with Crippen molar-refractivity contribution in [2.24, 2.45) is 0 Å². The van der Waals surface area contributed by atoms with Gasteiger partial charge in [-0.25, -0.2) is 4.39 Å². The SMILES string of the molecule is CCc1cc(C(=O)NCCOc2ccc(F)cc2)sc1C. The summed E-state index contributed by atoms with van der Waals surface area (Å²) in [5.74, 6) is 0.215. The quantitative estimate of drug-likeness (QED) is 0.829. The Morgan fingerprint density at radius 1 is 1.33 bits per heavy atom. The molecule has 3 nitrogen and oxygen atoms in total. The predicted octanol–water partition coefficient (Wildman–Crippen LogP) is 3.57. The molecule has 1 amide bonds. The first kappa shape index (κ1) is 15.5. The Labute approximate surface area is 127 Å². The zero-order valence-electron chi connectivity index (χ0n) is 12.1. The van der Waals surface area contributed by atoms with Crippen molar-refractivity contribution in [3.8, 4) is 5.75 Å². The summed E-state index contributed by atoms with van der Waals surface area (Å²) in [6, 6.07) is 7.75. The van der Waals surface area contributed by atoms with Crippen LogP contribution < -0.4 is 10.1 Å². The van der Waals surface area contributed by atoms with Crippen LogP contribution in [0.1, 0.15) is 27.0 Å². The van der Waals surface area contributed by atoms with Crippen molar-refractivity contribution in [3.63, 3.8) is 0 Å². The highest BCUT2D eigenvalue weighted by molar-refractivity contribution is 7.14. The molecule has 2 aromatic rings. The van der Waals surface area contributed by atoms with Gasteiger partial charge in [0.1, 0.15) is 18.2 Å². The Balaban J connectivity index is 1.77. The topological polar surface area (TPSA) is 38.3 Å². The zero-order valence-corrected chi connectivity index (χ0v) is 12.9. The maximum Gasteiger partial charge on any atom is 0.261 e. The van der Waals surface area contributed by atoms with Crippen molar-refractivity contribution in [3.05, 3.63) is 51.5 Å². The molecule has 2 rings (SSSR count). The number of benzene rings is 1. The summed E-state index contributed by atoms with van der Waals surface area (Å²) >= 11 is 1.51. The van der Waals surface area contributed by atoms with Crippen LogP contribution in [0.25, 0.3) is 0 Å². The molecular weight excluding hydrogens is 289 g/mol. The Bertz CT molecular complexity index is 607. The molecule has 0 radical (unpaired) electrons. The second-order valence-electron chi connectivity index (χ2n) is 4.60. The van der Waals surface area contributed by atoms with E-state index in [-0.39, 0.29) is 11.7 Å². The normalized spacial score (nSPS) is 10.4. The van der Waals surface area contributed by atoms with E-state index < -0.39 is 0 Å². The molecule has 0 saturated heterocycles. The Hall–Kier alpha value is -1.88. The molecule has 0 unspecified atom stereocenters. The summed E-state index contributed by atoms with van der Waals surface area (Å²) in [4.78, 5) is 13.9. The maximum absolute atomic E-state index is 12.7. The lowest BCUT2D eigenvalue weighted by atomic mass is 10.2. The van der Waals surface area contributed by atoms with E-state index in [0.29, 0.717) is 18.9 Å². The Morgan fingerprint density at radius 3 is 2.67 bits per heavy atom. The second kappa shape index (κ2) is 7.22. The highest BCUT2D eigenvalue weighted by atomic mass is 32.1. The van der Waals surface area contributed by atoms with Crippen molar-refractivity contribution in [1.29, 1.82) is 0 Å². The number of hydrogen-bond acceptors (Lipinski definition) is 3. The van der Waals surface area contributed by atoms with Gasteiger partial charge in [0.15, 0.2) is 0 Å². The molecule has 1 N–H and O–H groups in total. The van der Waals surface area contributed by atoms with E-state index in [0.717, 1.165) is 11.3 Å². The van der Waals surface area contributed by atoms with Crippen LogP contribution in [0.4, 0.5) is 4.39 Å². The van der Waals surface area contributed by atoms with Crippen LogP contribution in [0.3, 0.4) is 0 Å². The van der Waals surface area contributed by atoms with Gasteiger partial charge in [-0.1, -0.05) is 6.92 Å². The average Bonchev–Trinajstić information content (AvgIpc) is 2.86. The van der Waals surface area contributed by atoms with Crippen LogP contribution >= 0.6 is 11.3 Å². The van der Waals surface area contributed by atoms with Gasteiger partial charge in [0.25, 0.3) is 5.91 Å². The number of amides is 1.